The standard InChI is InChI=1S/C15H9Cl2FN2O/c16-11-5-8(18)6-12(17)14(11)20-15(21)10-7-19-13-4-2-1-3-9(10)13/h1-7,19H,(H,20,21). The fraction of sp³-hybridized carbons (Fsp3) is 0. The van der Waals surface area contributed by atoms with Gasteiger partial charge in [0.05, 0.1) is 21.3 Å². The number of hydrogen-bond acceptors (Lipinski definition) is 1. The predicted octanol–water partition coefficient (Wildman–Crippen LogP) is 4.87. The Labute approximate surface area is 129 Å². The SMILES string of the molecule is O=C(Nc1c(Cl)cc(F)cc1Cl)c1c[nH]c2ccccc12. The minimum Gasteiger partial charge on any atom is -0.360 e. The van der Waals surface area contributed by atoms with Crippen molar-refractivity contribution in [3.8, 4) is 0 Å². The third-order valence-electron chi connectivity index (χ3n) is 3.08. The molecule has 21 heavy (non-hydrogen) atoms. The minimum atomic E-state index is -0.560. The summed E-state index contributed by atoms with van der Waals surface area (Å²) in [7, 11) is 0. The average Bonchev–Trinajstić information content (AvgIpc) is 2.86. The van der Waals surface area contributed by atoms with E-state index < -0.39 is 5.82 Å². The van der Waals surface area contributed by atoms with Crippen LogP contribution in [0.2, 0.25) is 10.0 Å². The molecule has 1 aromatic heterocycles. The number of carbonyl (C=O) groups excluding carboxylic acids is 1. The lowest BCUT2D eigenvalue weighted by Gasteiger charge is -2.09. The lowest BCUT2D eigenvalue weighted by atomic mass is 10.1. The van der Waals surface area contributed by atoms with E-state index >= 15 is 0 Å². The van der Waals surface area contributed by atoms with E-state index in [0.29, 0.717) is 5.56 Å². The van der Waals surface area contributed by atoms with Crippen LogP contribution in [0, 0.1) is 5.82 Å². The number of nitrogens with one attached hydrogen (secondary N) is 2. The molecule has 0 radical (unpaired) electrons. The lowest BCUT2D eigenvalue weighted by molar-refractivity contribution is 0.102. The van der Waals surface area contributed by atoms with Gasteiger partial charge >= 0.3 is 0 Å². The number of benzene rings is 2. The highest BCUT2D eigenvalue weighted by atomic mass is 35.5. The fourth-order valence-electron chi connectivity index (χ4n) is 2.10. The topological polar surface area (TPSA) is 44.9 Å². The molecule has 6 heteroatoms. The summed E-state index contributed by atoms with van der Waals surface area (Å²) in [6.07, 6.45) is 1.60. The Kier molecular flexibility index (Phi) is 3.57. The smallest absolute Gasteiger partial charge is 0.257 e. The number of hydrogen-bond donors (Lipinski definition) is 2. The zero-order valence-electron chi connectivity index (χ0n) is 10.6. The summed E-state index contributed by atoms with van der Waals surface area (Å²) in [4.78, 5) is 15.3. The third-order valence-corrected chi connectivity index (χ3v) is 3.68. The van der Waals surface area contributed by atoms with Gasteiger partial charge in [-0.1, -0.05) is 41.4 Å². The van der Waals surface area contributed by atoms with Gasteiger partial charge in [0, 0.05) is 17.1 Å². The number of H-pyrrole nitrogens is 1. The van der Waals surface area contributed by atoms with E-state index in [1.165, 1.54) is 0 Å². The minimum absolute atomic E-state index is 0.0493. The van der Waals surface area contributed by atoms with E-state index in [0.717, 1.165) is 23.0 Å². The number of rotatable bonds is 2. The zero-order chi connectivity index (χ0) is 15.0. The second-order valence-electron chi connectivity index (χ2n) is 4.45. The molecule has 0 aliphatic heterocycles. The van der Waals surface area contributed by atoms with E-state index in [9.17, 15) is 9.18 Å². The summed E-state index contributed by atoms with van der Waals surface area (Å²) >= 11 is 11.8. The maximum atomic E-state index is 13.1. The highest BCUT2D eigenvalue weighted by molar-refractivity contribution is 6.40. The molecule has 1 heterocycles. The maximum absolute atomic E-state index is 13.1. The van der Waals surface area contributed by atoms with Crippen LogP contribution in [0.15, 0.2) is 42.6 Å². The summed E-state index contributed by atoms with van der Waals surface area (Å²) < 4.78 is 13.1. The normalized spacial score (nSPS) is 10.8. The molecule has 0 atom stereocenters. The molecule has 0 fully saturated rings. The predicted molar refractivity (Wildman–Crippen MR) is 82.7 cm³/mol. The molecule has 2 N–H and O–H groups in total. The summed E-state index contributed by atoms with van der Waals surface area (Å²) in [6.45, 7) is 0. The fourth-order valence-corrected chi connectivity index (χ4v) is 2.66. The van der Waals surface area contributed by atoms with Gasteiger partial charge in [-0.3, -0.25) is 4.79 Å². The summed E-state index contributed by atoms with van der Waals surface area (Å²) in [5.74, 6) is -0.932. The quantitative estimate of drug-likeness (QED) is 0.694. The van der Waals surface area contributed by atoms with Crippen LogP contribution in [0.1, 0.15) is 10.4 Å². The van der Waals surface area contributed by atoms with Crippen LogP contribution in [0.25, 0.3) is 10.9 Å². The van der Waals surface area contributed by atoms with Crippen molar-refractivity contribution in [2.75, 3.05) is 5.32 Å². The number of aromatic amines is 1. The van der Waals surface area contributed by atoms with Gasteiger partial charge in [0.1, 0.15) is 5.82 Å². The molecule has 0 saturated heterocycles. The van der Waals surface area contributed by atoms with Gasteiger partial charge in [-0.25, -0.2) is 4.39 Å². The molecule has 0 bridgehead atoms. The van der Waals surface area contributed by atoms with Gasteiger partial charge in [-0.15, -0.1) is 0 Å². The number of amides is 1. The number of anilines is 1. The molecule has 0 unspecified atom stereocenters. The van der Waals surface area contributed by atoms with Crippen LogP contribution < -0.4 is 5.32 Å². The van der Waals surface area contributed by atoms with Crippen LogP contribution in [-0.2, 0) is 0 Å². The molecule has 3 rings (SSSR count). The van der Waals surface area contributed by atoms with Gasteiger partial charge in [0.2, 0.25) is 0 Å². The van der Waals surface area contributed by atoms with Crippen molar-refractivity contribution >= 4 is 45.7 Å². The van der Waals surface area contributed by atoms with Crippen LogP contribution in [-0.4, -0.2) is 10.9 Å². The van der Waals surface area contributed by atoms with Crippen LogP contribution in [0.4, 0.5) is 10.1 Å². The molecule has 0 saturated carbocycles. The molecular weight excluding hydrogens is 314 g/mol. The van der Waals surface area contributed by atoms with Gasteiger partial charge in [0.15, 0.2) is 0 Å². The second-order valence-corrected chi connectivity index (χ2v) is 5.26. The highest BCUT2D eigenvalue weighted by Crippen LogP contribution is 2.32. The Morgan fingerprint density at radius 2 is 1.81 bits per heavy atom. The molecule has 0 aliphatic rings. The van der Waals surface area contributed by atoms with Crippen LogP contribution in [0.5, 0.6) is 0 Å². The summed E-state index contributed by atoms with van der Waals surface area (Å²) in [6, 6.07) is 9.59. The number of fused-ring (bicyclic) bond motifs is 1. The van der Waals surface area contributed by atoms with Crippen molar-refractivity contribution in [2.24, 2.45) is 0 Å². The summed E-state index contributed by atoms with van der Waals surface area (Å²) in [5.41, 5.74) is 1.50. The van der Waals surface area contributed by atoms with Crippen molar-refractivity contribution in [1.29, 1.82) is 0 Å². The molecule has 2 aromatic carbocycles. The molecular formula is C15H9Cl2FN2O. The van der Waals surface area contributed by atoms with Crippen molar-refractivity contribution in [2.45, 2.75) is 0 Å². The first kappa shape index (κ1) is 13.9. The number of halogens is 3. The van der Waals surface area contributed by atoms with Crippen LogP contribution >= 0.6 is 23.2 Å². The Morgan fingerprint density at radius 3 is 2.52 bits per heavy atom. The van der Waals surface area contributed by atoms with Gasteiger partial charge in [-0.2, -0.15) is 0 Å². The van der Waals surface area contributed by atoms with E-state index in [-0.39, 0.29) is 21.6 Å². The first-order valence-corrected chi connectivity index (χ1v) is 6.84. The largest absolute Gasteiger partial charge is 0.360 e. The van der Waals surface area contributed by atoms with E-state index in [4.69, 9.17) is 23.2 Å². The zero-order valence-corrected chi connectivity index (χ0v) is 12.1. The third kappa shape index (κ3) is 2.60. The molecule has 1 amide bonds. The lowest BCUT2D eigenvalue weighted by Crippen LogP contribution is -2.12. The Balaban J connectivity index is 1.97. The highest BCUT2D eigenvalue weighted by Gasteiger charge is 2.16. The van der Waals surface area contributed by atoms with Gasteiger partial charge < -0.3 is 10.3 Å². The Bertz CT molecular complexity index is 822. The summed E-state index contributed by atoms with van der Waals surface area (Å²) in [5, 5.41) is 3.49. The molecule has 106 valence electrons. The van der Waals surface area contributed by atoms with E-state index in [1.807, 2.05) is 24.3 Å². The van der Waals surface area contributed by atoms with Crippen molar-refractivity contribution in [3.63, 3.8) is 0 Å². The average molecular weight is 323 g/mol. The van der Waals surface area contributed by atoms with E-state index in [1.54, 1.807) is 6.20 Å². The van der Waals surface area contributed by atoms with Crippen molar-refractivity contribution in [1.82, 2.24) is 4.98 Å². The molecule has 0 spiro atoms. The molecule has 3 aromatic rings. The van der Waals surface area contributed by atoms with Crippen molar-refractivity contribution in [3.05, 3.63) is 64.0 Å². The number of carbonyl (C=O) groups is 1. The maximum Gasteiger partial charge on any atom is 0.257 e. The number of aromatic nitrogens is 1. The van der Waals surface area contributed by atoms with E-state index in [2.05, 4.69) is 10.3 Å². The van der Waals surface area contributed by atoms with Gasteiger partial charge in [-0.05, 0) is 18.2 Å². The first-order valence-electron chi connectivity index (χ1n) is 6.08. The molecule has 3 nitrogen and oxygen atoms in total. The number of para-hydroxylation sites is 1. The monoisotopic (exact) mass is 322 g/mol. The van der Waals surface area contributed by atoms with Crippen LogP contribution in [0.3, 0.4) is 0 Å². The Hall–Kier alpha value is -2.04. The molecule has 0 aliphatic carbocycles. The van der Waals surface area contributed by atoms with Crippen molar-refractivity contribution < 1.29 is 9.18 Å². The second kappa shape index (κ2) is 5.39. The first-order chi connectivity index (χ1) is 10.1. The Morgan fingerprint density at radius 1 is 1.14 bits per heavy atom. The van der Waals surface area contributed by atoms with Gasteiger partial charge in [0.25, 0.3) is 5.91 Å².